The smallest absolute Gasteiger partial charge is 0.257 e. The summed E-state index contributed by atoms with van der Waals surface area (Å²) < 4.78 is 28.5. The van der Waals surface area contributed by atoms with E-state index in [1.54, 1.807) is 31.2 Å². The van der Waals surface area contributed by atoms with E-state index in [9.17, 15) is 18.7 Å². The van der Waals surface area contributed by atoms with Crippen molar-refractivity contribution >= 4 is 11.6 Å². The molecule has 2 aromatic carbocycles. The average Bonchev–Trinajstić information content (AvgIpc) is 2.61. The zero-order valence-corrected chi connectivity index (χ0v) is 15.3. The Morgan fingerprint density at radius 2 is 1.74 bits per heavy atom. The van der Waals surface area contributed by atoms with Crippen LogP contribution in [-0.2, 0) is 13.0 Å². The summed E-state index contributed by atoms with van der Waals surface area (Å²) in [5.41, 5.74) is 1.45. The summed E-state index contributed by atoms with van der Waals surface area (Å²) in [5.74, 6) is -1.08. The van der Waals surface area contributed by atoms with Gasteiger partial charge in [0.1, 0.15) is 17.5 Å². The van der Waals surface area contributed by atoms with Gasteiger partial charge < -0.3 is 5.11 Å². The van der Waals surface area contributed by atoms with Gasteiger partial charge in [-0.15, -0.1) is 0 Å². The fourth-order valence-electron chi connectivity index (χ4n) is 2.95. The van der Waals surface area contributed by atoms with E-state index < -0.39 is 11.6 Å². The highest BCUT2D eigenvalue weighted by Crippen LogP contribution is 2.21. The molecule has 0 aliphatic carbocycles. The Hall–Kier alpha value is -2.57. The normalized spacial score (nSPS) is 11.0. The summed E-state index contributed by atoms with van der Waals surface area (Å²) in [6.45, 7) is 1.43. The molecule has 1 heterocycles. The second kappa shape index (κ2) is 7.98. The van der Waals surface area contributed by atoms with Crippen LogP contribution in [0.25, 0.3) is 11.4 Å². The molecule has 0 fully saturated rings. The molecule has 1 aromatic heterocycles. The molecular weight excluding hydrogens is 374 g/mol. The van der Waals surface area contributed by atoms with Crippen LogP contribution in [0.2, 0.25) is 5.02 Å². The summed E-state index contributed by atoms with van der Waals surface area (Å²) in [6, 6.07) is 9.91. The van der Waals surface area contributed by atoms with Crippen molar-refractivity contribution in [3.63, 3.8) is 0 Å². The molecule has 0 atom stereocenters. The number of aryl methyl sites for hydroxylation is 1. The molecule has 0 bridgehead atoms. The van der Waals surface area contributed by atoms with Gasteiger partial charge in [0, 0.05) is 40.9 Å². The van der Waals surface area contributed by atoms with E-state index in [1.807, 2.05) is 0 Å². The van der Waals surface area contributed by atoms with Gasteiger partial charge in [-0.1, -0.05) is 11.6 Å². The van der Waals surface area contributed by atoms with Crippen LogP contribution in [0.3, 0.4) is 0 Å². The molecule has 0 saturated carbocycles. The Labute approximate surface area is 159 Å². The number of hydrogen-bond acceptors (Lipinski definition) is 3. The molecule has 27 heavy (non-hydrogen) atoms. The first-order valence-electron chi connectivity index (χ1n) is 8.31. The molecule has 0 saturated heterocycles. The zero-order chi connectivity index (χ0) is 19.6. The number of nitrogens with zero attached hydrogens (tertiary/aromatic N) is 2. The number of benzene rings is 2. The SMILES string of the molecule is Cc1nc(-c2ccc(Cl)cc2)n(Cc2cc(F)cc(F)c2)c(=O)c1CCO. The topological polar surface area (TPSA) is 55.1 Å². The average molecular weight is 391 g/mol. The van der Waals surface area contributed by atoms with Gasteiger partial charge in [0.05, 0.1) is 6.54 Å². The maximum absolute atomic E-state index is 13.6. The Balaban J connectivity index is 2.20. The number of aliphatic hydroxyl groups is 1. The molecule has 0 radical (unpaired) electrons. The van der Waals surface area contributed by atoms with Crippen LogP contribution in [0.15, 0.2) is 47.3 Å². The Bertz CT molecular complexity index is 1010. The fraction of sp³-hybridized carbons (Fsp3) is 0.200. The number of aliphatic hydroxyl groups excluding tert-OH is 1. The molecule has 0 unspecified atom stereocenters. The van der Waals surface area contributed by atoms with Crippen molar-refractivity contribution in [2.45, 2.75) is 19.9 Å². The standard InChI is InChI=1S/C20H17ClF2N2O2/c1-12-18(6-7-26)20(27)25(11-13-8-16(22)10-17(23)9-13)19(24-12)14-2-4-15(21)5-3-14/h2-5,8-10,26H,6-7,11H2,1H3. The summed E-state index contributed by atoms with van der Waals surface area (Å²) in [5, 5.41) is 9.78. The molecule has 3 aromatic rings. The minimum atomic E-state index is -0.721. The van der Waals surface area contributed by atoms with Crippen LogP contribution in [0.4, 0.5) is 8.78 Å². The van der Waals surface area contributed by atoms with Crippen LogP contribution in [0.1, 0.15) is 16.8 Å². The third kappa shape index (κ3) is 4.23. The van der Waals surface area contributed by atoms with E-state index in [0.29, 0.717) is 33.2 Å². The quantitative estimate of drug-likeness (QED) is 0.722. The van der Waals surface area contributed by atoms with E-state index in [1.165, 1.54) is 16.7 Å². The first-order chi connectivity index (χ1) is 12.9. The number of aromatic nitrogens is 2. The van der Waals surface area contributed by atoms with E-state index in [2.05, 4.69) is 4.98 Å². The van der Waals surface area contributed by atoms with Crippen molar-refractivity contribution in [2.24, 2.45) is 0 Å². The lowest BCUT2D eigenvalue weighted by Gasteiger charge is -2.16. The number of halogens is 3. The summed E-state index contributed by atoms with van der Waals surface area (Å²) in [6.07, 6.45) is 0.149. The molecular formula is C20H17ClF2N2O2. The van der Waals surface area contributed by atoms with Gasteiger partial charge >= 0.3 is 0 Å². The van der Waals surface area contributed by atoms with Gasteiger partial charge in [-0.25, -0.2) is 13.8 Å². The van der Waals surface area contributed by atoms with Gasteiger partial charge in [-0.05, 0) is 48.9 Å². The lowest BCUT2D eigenvalue weighted by Crippen LogP contribution is -2.29. The van der Waals surface area contributed by atoms with Crippen LogP contribution in [0, 0.1) is 18.6 Å². The molecule has 7 heteroatoms. The second-order valence-corrected chi connectivity index (χ2v) is 6.59. The monoisotopic (exact) mass is 390 g/mol. The highest BCUT2D eigenvalue weighted by Gasteiger charge is 2.16. The van der Waals surface area contributed by atoms with Crippen LogP contribution in [0.5, 0.6) is 0 Å². The van der Waals surface area contributed by atoms with Crippen molar-refractivity contribution in [1.82, 2.24) is 9.55 Å². The first kappa shape index (κ1) is 19.2. The third-order valence-corrected chi connectivity index (χ3v) is 4.45. The predicted octanol–water partition coefficient (Wildman–Crippen LogP) is 3.73. The van der Waals surface area contributed by atoms with Crippen molar-refractivity contribution in [2.75, 3.05) is 6.61 Å². The zero-order valence-electron chi connectivity index (χ0n) is 14.5. The molecule has 0 aliphatic heterocycles. The molecule has 1 N–H and O–H groups in total. The highest BCUT2D eigenvalue weighted by atomic mass is 35.5. The molecule has 140 valence electrons. The van der Waals surface area contributed by atoms with Gasteiger partial charge in [-0.2, -0.15) is 0 Å². The lowest BCUT2D eigenvalue weighted by atomic mass is 10.1. The van der Waals surface area contributed by atoms with Crippen molar-refractivity contribution < 1.29 is 13.9 Å². The molecule has 0 aliphatic rings. The fourth-order valence-corrected chi connectivity index (χ4v) is 3.08. The Kier molecular flexibility index (Phi) is 5.68. The third-order valence-electron chi connectivity index (χ3n) is 4.20. The van der Waals surface area contributed by atoms with Gasteiger partial charge in [-0.3, -0.25) is 9.36 Å². The van der Waals surface area contributed by atoms with Gasteiger partial charge in [0.25, 0.3) is 5.56 Å². The number of rotatable bonds is 5. The summed E-state index contributed by atoms with van der Waals surface area (Å²) in [4.78, 5) is 17.5. The Morgan fingerprint density at radius 1 is 1.11 bits per heavy atom. The highest BCUT2D eigenvalue weighted by molar-refractivity contribution is 6.30. The largest absolute Gasteiger partial charge is 0.396 e. The van der Waals surface area contributed by atoms with E-state index in [-0.39, 0.29) is 25.1 Å². The summed E-state index contributed by atoms with van der Waals surface area (Å²) in [7, 11) is 0. The molecule has 0 amide bonds. The minimum absolute atomic E-state index is 0.0584. The minimum Gasteiger partial charge on any atom is -0.396 e. The van der Waals surface area contributed by atoms with Crippen LogP contribution < -0.4 is 5.56 Å². The van der Waals surface area contributed by atoms with Crippen LogP contribution in [-0.4, -0.2) is 21.3 Å². The van der Waals surface area contributed by atoms with E-state index >= 15 is 0 Å². The molecule has 0 spiro atoms. The molecule has 3 rings (SSSR count). The maximum Gasteiger partial charge on any atom is 0.257 e. The van der Waals surface area contributed by atoms with E-state index in [0.717, 1.165) is 6.07 Å². The van der Waals surface area contributed by atoms with Crippen LogP contribution >= 0.6 is 11.6 Å². The predicted molar refractivity (Wildman–Crippen MR) is 99.9 cm³/mol. The lowest BCUT2D eigenvalue weighted by molar-refractivity contribution is 0.298. The Morgan fingerprint density at radius 3 is 2.33 bits per heavy atom. The maximum atomic E-state index is 13.6. The van der Waals surface area contributed by atoms with Crippen molar-refractivity contribution in [3.8, 4) is 11.4 Å². The van der Waals surface area contributed by atoms with Crippen molar-refractivity contribution in [3.05, 3.63) is 86.3 Å². The summed E-state index contributed by atoms with van der Waals surface area (Å²) >= 11 is 5.93. The van der Waals surface area contributed by atoms with Gasteiger partial charge in [0.15, 0.2) is 0 Å². The van der Waals surface area contributed by atoms with E-state index in [4.69, 9.17) is 11.6 Å². The number of hydrogen-bond donors (Lipinski definition) is 1. The first-order valence-corrected chi connectivity index (χ1v) is 8.69. The second-order valence-electron chi connectivity index (χ2n) is 6.15. The van der Waals surface area contributed by atoms with Crippen molar-refractivity contribution in [1.29, 1.82) is 0 Å². The molecule has 4 nitrogen and oxygen atoms in total. The van der Waals surface area contributed by atoms with Gasteiger partial charge in [0.2, 0.25) is 0 Å².